The molecule has 2 saturated heterocycles. The second-order valence-corrected chi connectivity index (χ2v) is 8.47. The van der Waals surface area contributed by atoms with Gasteiger partial charge in [-0.1, -0.05) is 0 Å². The molecule has 2 aliphatic rings. The standard InChI is InChI=1S/C21H27FN6S/c22-18-1-3-19(4-2-18)26-7-9-27(10-8-26)20-15-17(5-6-24-20)16-25-21(23)28-11-13-29-14-12-28/h1-6,15H,7-14,16H2,(H2,23,25). The molecule has 2 N–H and O–H groups in total. The van der Waals surface area contributed by atoms with Gasteiger partial charge >= 0.3 is 0 Å². The van der Waals surface area contributed by atoms with E-state index in [-0.39, 0.29) is 5.82 Å². The highest BCUT2D eigenvalue weighted by Crippen LogP contribution is 2.20. The Morgan fingerprint density at radius 1 is 1.00 bits per heavy atom. The summed E-state index contributed by atoms with van der Waals surface area (Å²) < 4.78 is 13.1. The van der Waals surface area contributed by atoms with Crippen molar-refractivity contribution in [3.8, 4) is 0 Å². The van der Waals surface area contributed by atoms with Crippen LogP contribution in [0.2, 0.25) is 0 Å². The second kappa shape index (κ2) is 9.35. The van der Waals surface area contributed by atoms with Gasteiger partial charge in [0.1, 0.15) is 11.6 Å². The van der Waals surface area contributed by atoms with Gasteiger partial charge < -0.3 is 20.4 Å². The van der Waals surface area contributed by atoms with Crippen molar-refractivity contribution in [3.05, 3.63) is 54.0 Å². The molecule has 6 nitrogen and oxygen atoms in total. The van der Waals surface area contributed by atoms with Gasteiger partial charge in [0.25, 0.3) is 0 Å². The zero-order valence-electron chi connectivity index (χ0n) is 16.5. The number of nitrogens with zero attached hydrogens (tertiary/aromatic N) is 5. The first kappa shape index (κ1) is 19.8. The number of pyridine rings is 1. The van der Waals surface area contributed by atoms with Gasteiger partial charge in [-0.05, 0) is 42.0 Å². The molecule has 0 amide bonds. The number of hydrogen-bond donors (Lipinski definition) is 1. The zero-order valence-corrected chi connectivity index (χ0v) is 17.3. The van der Waals surface area contributed by atoms with Crippen LogP contribution in [0.3, 0.4) is 0 Å². The third-order valence-corrected chi connectivity index (χ3v) is 6.31. The molecule has 1 aromatic carbocycles. The van der Waals surface area contributed by atoms with E-state index in [4.69, 9.17) is 5.73 Å². The van der Waals surface area contributed by atoms with E-state index in [1.54, 1.807) is 0 Å². The quantitative estimate of drug-likeness (QED) is 0.612. The summed E-state index contributed by atoms with van der Waals surface area (Å²) in [6.07, 6.45) is 1.85. The maximum atomic E-state index is 13.1. The summed E-state index contributed by atoms with van der Waals surface area (Å²) in [7, 11) is 0. The van der Waals surface area contributed by atoms with Crippen LogP contribution in [0, 0.1) is 5.82 Å². The van der Waals surface area contributed by atoms with E-state index in [9.17, 15) is 4.39 Å². The molecular weight excluding hydrogens is 387 g/mol. The van der Waals surface area contributed by atoms with Crippen LogP contribution in [0.25, 0.3) is 0 Å². The third-order valence-electron chi connectivity index (χ3n) is 5.36. The fourth-order valence-corrected chi connectivity index (χ4v) is 4.55. The van der Waals surface area contributed by atoms with Crippen LogP contribution in [0.15, 0.2) is 47.6 Å². The number of hydrogen-bond acceptors (Lipinski definition) is 5. The van der Waals surface area contributed by atoms with Gasteiger partial charge in [-0.25, -0.2) is 14.4 Å². The molecule has 3 heterocycles. The van der Waals surface area contributed by atoms with E-state index in [2.05, 4.69) is 30.7 Å². The number of piperazine rings is 1. The Bertz CT molecular complexity index is 829. The second-order valence-electron chi connectivity index (χ2n) is 7.25. The minimum absolute atomic E-state index is 0.198. The van der Waals surface area contributed by atoms with E-state index >= 15 is 0 Å². The van der Waals surface area contributed by atoms with Gasteiger partial charge in [0.05, 0.1) is 6.54 Å². The lowest BCUT2D eigenvalue weighted by Gasteiger charge is -2.36. The molecule has 0 saturated carbocycles. The largest absolute Gasteiger partial charge is 0.370 e. The normalized spacial score (nSPS) is 18.2. The van der Waals surface area contributed by atoms with Crippen molar-refractivity contribution >= 4 is 29.2 Å². The van der Waals surface area contributed by atoms with Gasteiger partial charge in [-0.15, -0.1) is 0 Å². The molecule has 4 rings (SSSR count). The monoisotopic (exact) mass is 414 g/mol. The highest BCUT2D eigenvalue weighted by atomic mass is 32.2. The molecule has 8 heteroatoms. The number of rotatable bonds is 4. The zero-order chi connectivity index (χ0) is 20.1. The molecular formula is C21H27FN6S. The van der Waals surface area contributed by atoms with E-state index < -0.39 is 0 Å². The first-order valence-electron chi connectivity index (χ1n) is 10.0. The molecule has 1 aromatic heterocycles. The lowest BCUT2D eigenvalue weighted by molar-refractivity contribution is 0.455. The summed E-state index contributed by atoms with van der Waals surface area (Å²) in [6, 6.07) is 10.8. The average molecular weight is 415 g/mol. The molecule has 29 heavy (non-hydrogen) atoms. The summed E-state index contributed by atoms with van der Waals surface area (Å²) in [5, 5.41) is 0. The van der Waals surface area contributed by atoms with Crippen molar-refractivity contribution in [2.24, 2.45) is 10.7 Å². The van der Waals surface area contributed by atoms with Crippen molar-refractivity contribution < 1.29 is 4.39 Å². The van der Waals surface area contributed by atoms with Crippen LogP contribution in [-0.2, 0) is 6.54 Å². The number of benzene rings is 1. The number of guanidine groups is 1. The van der Waals surface area contributed by atoms with Crippen molar-refractivity contribution in [2.75, 3.05) is 60.6 Å². The number of anilines is 2. The molecule has 0 atom stereocenters. The maximum absolute atomic E-state index is 13.1. The van der Waals surface area contributed by atoms with Crippen molar-refractivity contribution in [2.45, 2.75) is 6.54 Å². The minimum atomic E-state index is -0.198. The predicted molar refractivity (Wildman–Crippen MR) is 119 cm³/mol. The first-order valence-corrected chi connectivity index (χ1v) is 11.2. The minimum Gasteiger partial charge on any atom is -0.370 e. The molecule has 2 aromatic rings. The Morgan fingerprint density at radius 2 is 1.69 bits per heavy atom. The SMILES string of the molecule is NC(=NCc1ccnc(N2CCN(c3ccc(F)cc3)CC2)c1)N1CCSCC1. The van der Waals surface area contributed by atoms with Crippen molar-refractivity contribution in [3.63, 3.8) is 0 Å². The Hall–Kier alpha value is -2.48. The van der Waals surface area contributed by atoms with E-state index in [1.807, 2.05) is 36.2 Å². The number of aliphatic imine (C=N–C) groups is 1. The molecule has 0 unspecified atom stereocenters. The number of halogens is 1. The lowest BCUT2D eigenvalue weighted by Crippen LogP contribution is -2.46. The third kappa shape index (κ3) is 5.12. The summed E-state index contributed by atoms with van der Waals surface area (Å²) in [5.74, 6) is 3.64. The highest BCUT2D eigenvalue weighted by molar-refractivity contribution is 7.99. The smallest absolute Gasteiger partial charge is 0.191 e. The van der Waals surface area contributed by atoms with Crippen LogP contribution < -0.4 is 15.5 Å². The fraction of sp³-hybridized carbons (Fsp3) is 0.429. The molecule has 0 radical (unpaired) electrons. The van der Waals surface area contributed by atoms with Gasteiger partial charge in [-0.2, -0.15) is 11.8 Å². The van der Waals surface area contributed by atoms with E-state index in [0.717, 1.165) is 67.8 Å². The van der Waals surface area contributed by atoms with Crippen LogP contribution in [0.4, 0.5) is 15.9 Å². The topological polar surface area (TPSA) is 61.0 Å². The molecule has 0 bridgehead atoms. The van der Waals surface area contributed by atoms with Gasteiger partial charge in [-0.3, -0.25) is 0 Å². The van der Waals surface area contributed by atoms with Crippen LogP contribution in [0.1, 0.15) is 5.56 Å². The Morgan fingerprint density at radius 3 is 2.41 bits per heavy atom. The Balaban J connectivity index is 1.34. The van der Waals surface area contributed by atoms with Crippen molar-refractivity contribution in [1.82, 2.24) is 9.88 Å². The average Bonchev–Trinajstić information content (AvgIpc) is 2.79. The summed E-state index contributed by atoms with van der Waals surface area (Å²) >= 11 is 1.96. The van der Waals surface area contributed by atoms with E-state index in [0.29, 0.717) is 12.5 Å². The Kier molecular flexibility index (Phi) is 6.39. The molecule has 2 fully saturated rings. The molecule has 0 spiro atoms. The Labute approximate surface area is 175 Å². The lowest BCUT2D eigenvalue weighted by atomic mass is 10.2. The van der Waals surface area contributed by atoms with Crippen LogP contribution in [-0.4, -0.2) is 66.6 Å². The summed E-state index contributed by atoms with van der Waals surface area (Å²) in [5.41, 5.74) is 8.35. The number of thioether (sulfide) groups is 1. The van der Waals surface area contributed by atoms with Gasteiger partial charge in [0, 0.05) is 62.7 Å². The highest BCUT2D eigenvalue weighted by Gasteiger charge is 2.19. The van der Waals surface area contributed by atoms with Crippen LogP contribution in [0.5, 0.6) is 0 Å². The molecule has 0 aliphatic carbocycles. The summed E-state index contributed by atoms with van der Waals surface area (Å²) in [4.78, 5) is 15.9. The summed E-state index contributed by atoms with van der Waals surface area (Å²) in [6.45, 7) is 6.04. The van der Waals surface area contributed by atoms with Gasteiger partial charge in [0.2, 0.25) is 0 Å². The van der Waals surface area contributed by atoms with Gasteiger partial charge in [0.15, 0.2) is 5.96 Å². The molecule has 2 aliphatic heterocycles. The first-order chi connectivity index (χ1) is 14.2. The molecule has 154 valence electrons. The van der Waals surface area contributed by atoms with Crippen LogP contribution >= 0.6 is 11.8 Å². The number of nitrogens with two attached hydrogens (primary N) is 1. The van der Waals surface area contributed by atoms with E-state index in [1.165, 1.54) is 12.1 Å². The number of aromatic nitrogens is 1. The van der Waals surface area contributed by atoms with Crippen molar-refractivity contribution in [1.29, 1.82) is 0 Å². The maximum Gasteiger partial charge on any atom is 0.191 e. The predicted octanol–water partition coefficient (Wildman–Crippen LogP) is 2.41. The fourth-order valence-electron chi connectivity index (χ4n) is 3.64.